The maximum absolute atomic E-state index is 12.1. The zero-order valence-corrected chi connectivity index (χ0v) is 15.6. The summed E-state index contributed by atoms with van der Waals surface area (Å²) < 4.78 is 10.9. The van der Waals surface area contributed by atoms with Crippen LogP contribution in [-0.2, 0) is 9.59 Å². The van der Waals surface area contributed by atoms with E-state index < -0.39 is 17.9 Å². The van der Waals surface area contributed by atoms with Gasteiger partial charge in [0.05, 0.1) is 5.02 Å². The number of para-hydroxylation sites is 1. The molecule has 138 valence electrons. The number of amides is 2. The van der Waals surface area contributed by atoms with Gasteiger partial charge in [0.25, 0.3) is 11.8 Å². The topological polar surface area (TPSA) is 76.7 Å². The lowest BCUT2D eigenvalue weighted by molar-refractivity contribution is -0.133. The van der Waals surface area contributed by atoms with Crippen molar-refractivity contribution in [2.24, 2.45) is 0 Å². The molecule has 0 spiro atoms. The van der Waals surface area contributed by atoms with E-state index in [1.165, 1.54) is 0 Å². The second-order valence-electron chi connectivity index (χ2n) is 5.71. The molecule has 2 amide bonds. The molecule has 2 rings (SSSR count). The maximum atomic E-state index is 12.1. The van der Waals surface area contributed by atoms with Crippen molar-refractivity contribution in [3.8, 4) is 11.5 Å². The Morgan fingerprint density at radius 1 is 1.04 bits per heavy atom. The van der Waals surface area contributed by atoms with Crippen molar-refractivity contribution in [3.63, 3.8) is 0 Å². The molecule has 7 heteroatoms. The molecule has 0 saturated carbocycles. The van der Waals surface area contributed by atoms with Gasteiger partial charge in [-0.3, -0.25) is 20.4 Å². The summed E-state index contributed by atoms with van der Waals surface area (Å²) in [5, 5.41) is 0.403. The Morgan fingerprint density at radius 3 is 2.46 bits per heavy atom. The number of hydrazine groups is 1. The molecule has 0 bridgehead atoms. The van der Waals surface area contributed by atoms with Gasteiger partial charge < -0.3 is 9.47 Å². The van der Waals surface area contributed by atoms with Crippen molar-refractivity contribution in [2.75, 3.05) is 6.61 Å². The van der Waals surface area contributed by atoms with Crippen LogP contribution in [0.15, 0.2) is 42.5 Å². The number of aryl methyl sites for hydroxylation is 1. The van der Waals surface area contributed by atoms with Crippen molar-refractivity contribution in [2.45, 2.75) is 26.9 Å². The normalized spacial score (nSPS) is 11.4. The first-order valence-electron chi connectivity index (χ1n) is 8.07. The summed E-state index contributed by atoms with van der Waals surface area (Å²) >= 11 is 5.93. The standard InChI is InChI=1S/C19H21ClN2O4/c1-12-7-6-10-16(13(12)2)26-14(3)19(24)22-21-18(23)11-25-17-9-5-4-8-15(17)20/h4-10,14H,11H2,1-3H3,(H,21,23)(H,22,24)/t14-/m1/s1. The van der Waals surface area contributed by atoms with Gasteiger partial charge in [-0.05, 0) is 50.1 Å². The monoisotopic (exact) mass is 376 g/mol. The molecule has 0 aromatic heterocycles. The van der Waals surface area contributed by atoms with Crippen LogP contribution in [-0.4, -0.2) is 24.5 Å². The van der Waals surface area contributed by atoms with E-state index in [1.54, 1.807) is 37.3 Å². The first-order valence-corrected chi connectivity index (χ1v) is 8.45. The van der Waals surface area contributed by atoms with E-state index in [4.69, 9.17) is 21.1 Å². The number of halogens is 1. The Hall–Kier alpha value is -2.73. The number of nitrogens with one attached hydrogen (secondary N) is 2. The maximum Gasteiger partial charge on any atom is 0.279 e. The molecule has 0 saturated heterocycles. The van der Waals surface area contributed by atoms with Gasteiger partial charge in [-0.2, -0.15) is 0 Å². The predicted octanol–water partition coefficient (Wildman–Crippen LogP) is 2.95. The van der Waals surface area contributed by atoms with Gasteiger partial charge in [-0.15, -0.1) is 0 Å². The summed E-state index contributed by atoms with van der Waals surface area (Å²) in [6.07, 6.45) is -0.778. The Kier molecular flexibility index (Phi) is 6.86. The molecule has 0 radical (unpaired) electrons. The number of hydrogen-bond donors (Lipinski definition) is 2. The van der Waals surface area contributed by atoms with Gasteiger partial charge in [0.15, 0.2) is 12.7 Å². The molecule has 2 aromatic rings. The Labute approximate surface area is 157 Å². The fourth-order valence-corrected chi connectivity index (χ4v) is 2.26. The molecule has 0 aliphatic carbocycles. The van der Waals surface area contributed by atoms with Crippen molar-refractivity contribution < 1.29 is 19.1 Å². The van der Waals surface area contributed by atoms with E-state index in [0.29, 0.717) is 16.5 Å². The molecule has 6 nitrogen and oxygen atoms in total. The third kappa shape index (κ3) is 5.39. The van der Waals surface area contributed by atoms with Crippen LogP contribution < -0.4 is 20.3 Å². The third-order valence-corrected chi connectivity index (χ3v) is 4.06. The Balaban J connectivity index is 1.79. The largest absolute Gasteiger partial charge is 0.482 e. The van der Waals surface area contributed by atoms with E-state index in [2.05, 4.69) is 10.9 Å². The lowest BCUT2D eigenvalue weighted by Gasteiger charge is -2.17. The molecule has 2 N–H and O–H groups in total. The van der Waals surface area contributed by atoms with Crippen molar-refractivity contribution >= 4 is 23.4 Å². The van der Waals surface area contributed by atoms with Crippen LogP contribution in [0, 0.1) is 13.8 Å². The SMILES string of the molecule is Cc1cccc(O[C@H](C)C(=O)NNC(=O)COc2ccccc2Cl)c1C. The molecule has 0 aliphatic heterocycles. The summed E-state index contributed by atoms with van der Waals surface area (Å²) in [4.78, 5) is 23.8. The average Bonchev–Trinajstić information content (AvgIpc) is 2.62. The minimum absolute atomic E-state index is 0.282. The van der Waals surface area contributed by atoms with Crippen LogP contribution in [0.2, 0.25) is 5.02 Å². The second kappa shape index (κ2) is 9.10. The number of carbonyl (C=O) groups is 2. The van der Waals surface area contributed by atoms with Crippen LogP contribution >= 0.6 is 11.6 Å². The first-order chi connectivity index (χ1) is 12.4. The molecule has 0 fully saturated rings. The van der Waals surface area contributed by atoms with Gasteiger partial charge in [-0.1, -0.05) is 35.9 Å². The minimum Gasteiger partial charge on any atom is -0.482 e. The number of benzene rings is 2. The summed E-state index contributed by atoms with van der Waals surface area (Å²) in [6.45, 7) is 5.20. The highest BCUT2D eigenvalue weighted by atomic mass is 35.5. The lowest BCUT2D eigenvalue weighted by atomic mass is 10.1. The summed E-state index contributed by atoms with van der Waals surface area (Å²) in [5.41, 5.74) is 6.62. The molecule has 26 heavy (non-hydrogen) atoms. The number of carbonyl (C=O) groups excluding carboxylic acids is 2. The lowest BCUT2D eigenvalue weighted by Crippen LogP contribution is -2.48. The van der Waals surface area contributed by atoms with Crippen molar-refractivity contribution in [3.05, 3.63) is 58.6 Å². The minimum atomic E-state index is -0.778. The molecule has 1 atom stereocenters. The van der Waals surface area contributed by atoms with Crippen LogP contribution in [0.25, 0.3) is 0 Å². The molecular formula is C19H21ClN2O4. The first kappa shape index (κ1) is 19.6. The Morgan fingerprint density at radius 2 is 1.73 bits per heavy atom. The fraction of sp³-hybridized carbons (Fsp3) is 0.263. The highest BCUT2D eigenvalue weighted by molar-refractivity contribution is 6.32. The highest BCUT2D eigenvalue weighted by Crippen LogP contribution is 2.23. The van der Waals surface area contributed by atoms with E-state index in [9.17, 15) is 9.59 Å². The fourth-order valence-electron chi connectivity index (χ4n) is 2.07. The van der Waals surface area contributed by atoms with Gasteiger partial charge in [-0.25, -0.2) is 0 Å². The van der Waals surface area contributed by atoms with Crippen LogP contribution in [0.3, 0.4) is 0 Å². The van der Waals surface area contributed by atoms with Gasteiger partial charge in [0.1, 0.15) is 11.5 Å². The molecular weight excluding hydrogens is 356 g/mol. The van der Waals surface area contributed by atoms with Crippen molar-refractivity contribution in [1.29, 1.82) is 0 Å². The van der Waals surface area contributed by atoms with E-state index >= 15 is 0 Å². The predicted molar refractivity (Wildman–Crippen MR) is 99.2 cm³/mol. The molecule has 2 aromatic carbocycles. The van der Waals surface area contributed by atoms with E-state index in [0.717, 1.165) is 11.1 Å². The van der Waals surface area contributed by atoms with Crippen molar-refractivity contribution in [1.82, 2.24) is 10.9 Å². The van der Waals surface area contributed by atoms with E-state index in [1.807, 2.05) is 26.0 Å². The number of rotatable bonds is 6. The zero-order valence-electron chi connectivity index (χ0n) is 14.8. The number of ether oxygens (including phenoxy) is 2. The van der Waals surface area contributed by atoms with Crippen LogP contribution in [0.5, 0.6) is 11.5 Å². The average molecular weight is 377 g/mol. The number of hydrogen-bond acceptors (Lipinski definition) is 4. The summed E-state index contributed by atoms with van der Waals surface area (Å²) in [7, 11) is 0. The van der Waals surface area contributed by atoms with Gasteiger partial charge >= 0.3 is 0 Å². The van der Waals surface area contributed by atoms with E-state index in [-0.39, 0.29) is 6.61 Å². The summed E-state index contributed by atoms with van der Waals surface area (Å²) in [6, 6.07) is 12.4. The molecule has 0 aliphatic rings. The zero-order chi connectivity index (χ0) is 19.1. The van der Waals surface area contributed by atoms with Gasteiger partial charge in [0.2, 0.25) is 0 Å². The van der Waals surface area contributed by atoms with Crippen LogP contribution in [0.4, 0.5) is 0 Å². The highest BCUT2D eigenvalue weighted by Gasteiger charge is 2.17. The second-order valence-corrected chi connectivity index (χ2v) is 6.12. The summed E-state index contributed by atoms with van der Waals surface area (Å²) in [5.74, 6) is 0.0255. The third-order valence-electron chi connectivity index (χ3n) is 3.75. The molecule has 0 heterocycles. The smallest absolute Gasteiger partial charge is 0.279 e. The van der Waals surface area contributed by atoms with Crippen LogP contribution in [0.1, 0.15) is 18.1 Å². The molecule has 0 unspecified atom stereocenters. The Bertz CT molecular complexity index is 795. The van der Waals surface area contributed by atoms with Gasteiger partial charge in [0, 0.05) is 0 Å². The quantitative estimate of drug-likeness (QED) is 0.760.